The van der Waals surface area contributed by atoms with Gasteiger partial charge in [-0.3, -0.25) is 4.68 Å². The molecule has 1 aromatic carbocycles. The second-order valence-corrected chi connectivity index (χ2v) is 4.64. The number of hydrogen-bond donors (Lipinski definition) is 1. The molecule has 0 amide bonds. The molecule has 1 heterocycles. The average molecular weight is 260 g/mol. The summed E-state index contributed by atoms with van der Waals surface area (Å²) in [6, 6.07) is 9.56. The highest BCUT2D eigenvalue weighted by atomic mass is 16.5. The van der Waals surface area contributed by atoms with E-state index in [9.17, 15) is 5.11 Å². The first-order chi connectivity index (χ1) is 9.10. The molecule has 0 aliphatic heterocycles. The summed E-state index contributed by atoms with van der Waals surface area (Å²) >= 11 is 0. The molecule has 2 rings (SSSR count). The van der Waals surface area contributed by atoms with Crippen LogP contribution in [0.1, 0.15) is 36.9 Å². The molecule has 1 aromatic heterocycles. The second kappa shape index (κ2) is 5.89. The second-order valence-electron chi connectivity index (χ2n) is 4.64. The number of hydrogen-bond acceptors (Lipinski definition) is 3. The predicted molar refractivity (Wildman–Crippen MR) is 74.0 cm³/mol. The van der Waals surface area contributed by atoms with Gasteiger partial charge < -0.3 is 9.84 Å². The van der Waals surface area contributed by atoms with Crippen LogP contribution in [0.25, 0.3) is 0 Å². The van der Waals surface area contributed by atoms with Crippen LogP contribution in [0.3, 0.4) is 0 Å². The fourth-order valence-electron chi connectivity index (χ4n) is 1.88. The molecule has 4 heteroatoms. The Bertz CT molecular complexity index is 530. The molecule has 1 unspecified atom stereocenters. The quantitative estimate of drug-likeness (QED) is 0.899. The van der Waals surface area contributed by atoms with Gasteiger partial charge in [-0.2, -0.15) is 5.10 Å². The van der Waals surface area contributed by atoms with E-state index in [1.165, 1.54) is 0 Å². The van der Waals surface area contributed by atoms with Crippen LogP contribution >= 0.6 is 0 Å². The van der Waals surface area contributed by atoms with Crippen LogP contribution in [-0.2, 0) is 20.1 Å². The zero-order chi connectivity index (χ0) is 13.8. The van der Waals surface area contributed by atoms with Crippen molar-refractivity contribution in [3.05, 3.63) is 47.3 Å². The number of aromatic nitrogens is 2. The van der Waals surface area contributed by atoms with Gasteiger partial charge in [-0.15, -0.1) is 0 Å². The van der Waals surface area contributed by atoms with Crippen molar-refractivity contribution in [3.63, 3.8) is 0 Å². The van der Waals surface area contributed by atoms with E-state index in [0.29, 0.717) is 6.61 Å². The largest absolute Gasteiger partial charge is 0.487 e. The van der Waals surface area contributed by atoms with Gasteiger partial charge in [0.15, 0.2) is 0 Å². The normalized spacial score (nSPS) is 12.4. The van der Waals surface area contributed by atoms with E-state index in [1.807, 2.05) is 36.0 Å². The Morgan fingerprint density at radius 1 is 1.32 bits per heavy atom. The lowest BCUT2D eigenvalue weighted by Crippen LogP contribution is -2.03. The number of aryl methyl sites for hydroxylation is 2. The highest BCUT2D eigenvalue weighted by molar-refractivity contribution is 5.28. The van der Waals surface area contributed by atoms with Gasteiger partial charge in [-0.1, -0.05) is 19.1 Å². The summed E-state index contributed by atoms with van der Waals surface area (Å²) < 4.78 is 7.57. The third-order valence-electron chi connectivity index (χ3n) is 3.14. The zero-order valence-electron chi connectivity index (χ0n) is 11.6. The maximum absolute atomic E-state index is 9.44. The molecule has 4 nitrogen and oxygen atoms in total. The van der Waals surface area contributed by atoms with Crippen molar-refractivity contribution in [3.8, 4) is 5.75 Å². The number of rotatable bonds is 5. The van der Waals surface area contributed by atoms with Crippen molar-refractivity contribution in [2.75, 3.05) is 0 Å². The monoisotopic (exact) mass is 260 g/mol. The van der Waals surface area contributed by atoms with Crippen LogP contribution < -0.4 is 4.74 Å². The molecule has 0 bridgehead atoms. The van der Waals surface area contributed by atoms with Crippen LogP contribution in [0.15, 0.2) is 30.3 Å². The molecule has 102 valence electrons. The zero-order valence-corrected chi connectivity index (χ0v) is 11.6. The van der Waals surface area contributed by atoms with Gasteiger partial charge in [-0.05, 0) is 37.1 Å². The minimum atomic E-state index is -0.446. The van der Waals surface area contributed by atoms with E-state index in [0.717, 1.165) is 29.1 Å². The highest BCUT2D eigenvalue weighted by Gasteiger charge is 2.05. The minimum absolute atomic E-state index is 0.446. The van der Waals surface area contributed by atoms with E-state index < -0.39 is 6.10 Å². The van der Waals surface area contributed by atoms with Crippen LogP contribution in [0, 0.1) is 0 Å². The molecule has 19 heavy (non-hydrogen) atoms. The summed E-state index contributed by atoms with van der Waals surface area (Å²) in [5.41, 5.74) is 3.02. The molecule has 1 N–H and O–H groups in total. The van der Waals surface area contributed by atoms with Crippen molar-refractivity contribution in [2.45, 2.75) is 33.0 Å². The molecule has 0 aliphatic carbocycles. The minimum Gasteiger partial charge on any atom is -0.487 e. The van der Waals surface area contributed by atoms with Gasteiger partial charge in [0.2, 0.25) is 0 Å². The Balaban J connectivity index is 1.99. The Kier molecular flexibility index (Phi) is 4.22. The van der Waals surface area contributed by atoms with Gasteiger partial charge in [0.05, 0.1) is 17.5 Å². The van der Waals surface area contributed by atoms with Crippen LogP contribution in [0.2, 0.25) is 0 Å². The number of ether oxygens (including phenoxy) is 1. The van der Waals surface area contributed by atoms with Crippen molar-refractivity contribution >= 4 is 0 Å². The lowest BCUT2D eigenvalue weighted by molar-refractivity contribution is 0.199. The maximum atomic E-state index is 9.44. The van der Waals surface area contributed by atoms with Crippen LogP contribution in [-0.4, -0.2) is 14.9 Å². The molecule has 0 spiro atoms. The van der Waals surface area contributed by atoms with E-state index in [-0.39, 0.29) is 0 Å². The highest BCUT2D eigenvalue weighted by Crippen LogP contribution is 2.18. The first-order valence-electron chi connectivity index (χ1n) is 6.52. The van der Waals surface area contributed by atoms with Gasteiger partial charge in [0.25, 0.3) is 0 Å². The molecular weight excluding hydrogens is 240 g/mol. The fourth-order valence-corrected chi connectivity index (χ4v) is 1.88. The van der Waals surface area contributed by atoms with Crippen molar-refractivity contribution in [2.24, 2.45) is 7.05 Å². The first-order valence-corrected chi connectivity index (χ1v) is 6.52. The Hall–Kier alpha value is -1.81. The Morgan fingerprint density at radius 3 is 2.53 bits per heavy atom. The van der Waals surface area contributed by atoms with Gasteiger partial charge in [-0.25, -0.2) is 0 Å². The molecule has 0 saturated heterocycles. The summed E-state index contributed by atoms with van der Waals surface area (Å²) in [4.78, 5) is 0. The maximum Gasteiger partial charge on any atom is 0.130 e. The molecule has 2 aromatic rings. The number of benzene rings is 1. The summed E-state index contributed by atoms with van der Waals surface area (Å²) in [5, 5.41) is 13.8. The first kappa shape index (κ1) is 13.6. The topological polar surface area (TPSA) is 47.3 Å². The fraction of sp³-hybridized carbons (Fsp3) is 0.400. The van der Waals surface area contributed by atoms with E-state index in [4.69, 9.17) is 4.74 Å². The number of aliphatic hydroxyl groups excluding tert-OH is 1. The summed E-state index contributed by atoms with van der Waals surface area (Å²) in [5.74, 6) is 0.795. The molecule has 1 atom stereocenters. The Labute approximate surface area is 113 Å². The Morgan fingerprint density at radius 2 is 2.00 bits per heavy atom. The SMILES string of the molecule is CCc1cc(COc2ccc(C(C)O)cc2)n(C)n1. The molecule has 0 radical (unpaired) electrons. The van der Waals surface area contributed by atoms with Crippen molar-refractivity contribution < 1.29 is 9.84 Å². The van der Waals surface area contributed by atoms with Crippen LogP contribution in [0.4, 0.5) is 0 Å². The lowest BCUT2D eigenvalue weighted by Gasteiger charge is -2.08. The van der Waals surface area contributed by atoms with E-state index in [2.05, 4.69) is 18.1 Å². The average Bonchev–Trinajstić information content (AvgIpc) is 2.77. The van der Waals surface area contributed by atoms with Gasteiger partial charge in [0.1, 0.15) is 12.4 Å². The summed E-state index contributed by atoms with van der Waals surface area (Å²) in [6.07, 6.45) is 0.481. The molecule has 0 fully saturated rings. The number of nitrogens with zero attached hydrogens (tertiary/aromatic N) is 2. The van der Waals surface area contributed by atoms with Crippen molar-refractivity contribution in [1.29, 1.82) is 0 Å². The standard InChI is InChI=1S/C15H20N2O2/c1-4-13-9-14(17(3)16-13)10-19-15-7-5-12(6-8-15)11(2)18/h5-9,11,18H,4,10H2,1-3H3. The number of aliphatic hydroxyl groups is 1. The predicted octanol–water partition coefficient (Wildman–Crippen LogP) is 2.61. The van der Waals surface area contributed by atoms with Crippen molar-refractivity contribution in [1.82, 2.24) is 9.78 Å². The third kappa shape index (κ3) is 3.35. The smallest absolute Gasteiger partial charge is 0.130 e. The van der Waals surface area contributed by atoms with E-state index >= 15 is 0 Å². The lowest BCUT2D eigenvalue weighted by atomic mass is 10.1. The molecule has 0 saturated carbocycles. The van der Waals surface area contributed by atoms with Crippen LogP contribution in [0.5, 0.6) is 5.75 Å². The van der Waals surface area contributed by atoms with Gasteiger partial charge >= 0.3 is 0 Å². The van der Waals surface area contributed by atoms with E-state index in [1.54, 1.807) is 6.92 Å². The molecular formula is C15H20N2O2. The van der Waals surface area contributed by atoms with Gasteiger partial charge in [0, 0.05) is 7.05 Å². The third-order valence-corrected chi connectivity index (χ3v) is 3.14. The molecule has 0 aliphatic rings. The summed E-state index contributed by atoms with van der Waals surface area (Å²) in [7, 11) is 1.92. The summed E-state index contributed by atoms with van der Waals surface area (Å²) in [6.45, 7) is 4.33.